The summed E-state index contributed by atoms with van der Waals surface area (Å²) in [7, 11) is -2.30. The van der Waals surface area contributed by atoms with E-state index in [0.717, 1.165) is 16.9 Å². The molecular formula is C11H12BrN5O3S. The Balaban J connectivity index is 2.28. The largest absolute Gasteiger partial charge is 0.495 e. The third-order valence-corrected chi connectivity index (χ3v) is 4.46. The van der Waals surface area contributed by atoms with Crippen LogP contribution in [0.5, 0.6) is 5.75 Å². The van der Waals surface area contributed by atoms with Gasteiger partial charge in [-0.15, -0.1) is 0 Å². The summed E-state index contributed by atoms with van der Waals surface area (Å²) in [6, 6.07) is 4.83. The molecule has 1 aromatic heterocycles. The standard InChI is InChI=1S/C11H12BrN5O3S/c1-20-10-4-7(2-3-9(10)12)17-21(18,19)8-5-14-11(16-13)15-6-8/h2-6,17H,13H2,1H3,(H,14,15,16). The number of methoxy groups -OCH3 is 1. The van der Waals surface area contributed by atoms with E-state index in [1.54, 1.807) is 18.2 Å². The number of hydrogen-bond donors (Lipinski definition) is 3. The van der Waals surface area contributed by atoms with E-state index in [-0.39, 0.29) is 10.8 Å². The van der Waals surface area contributed by atoms with Crippen LogP contribution in [0.2, 0.25) is 0 Å². The fraction of sp³-hybridized carbons (Fsp3) is 0.0909. The second-order valence-corrected chi connectivity index (χ2v) is 6.38. The maximum Gasteiger partial charge on any atom is 0.264 e. The van der Waals surface area contributed by atoms with Crippen molar-refractivity contribution in [3.8, 4) is 5.75 Å². The van der Waals surface area contributed by atoms with E-state index in [0.29, 0.717) is 11.4 Å². The monoisotopic (exact) mass is 373 g/mol. The van der Waals surface area contributed by atoms with E-state index in [1.807, 2.05) is 0 Å². The number of hydrazine groups is 1. The summed E-state index contributed by atoms with van der Waals surface area (Å²) in [5, 5.41) is 0. The Hall–Kier alpha value is -1.91. The van der Waals surface area contributed by atoms with Gasteiger partial charge in [-0.1, -0.05) is 0 Å². The molecule has 0 saturated heterocycles. The van der Waals surface area contributed by atoms with Crippen molar-refractivity contribution in [2.75, 3.05) is 17.3 Å². The van der Waals surface area contributed by atoms with Gasteiger partial charge in [0, 0.05) is 6.07 Å². The molecule has 0 radical (unpaired) electrons. The summed E-state index contributed by atoms with van der Waals surface area (Å²) in [5.41, 5.74) is 2.57. The first kappa shape index (κ1) is 15.5. The van der Waals surface area contributed by atoms with E-state index in [9.17, 15) is 8.42 Å². The Labute approximate surface area is 129 Å². The maximum absolute atomic E-state index is 12.2. The van der Waals surface area contributed by atoms with Crippen molar-refractivity contribution in [2.45, 2.75) is 4.90 Å². The number of hydrogen-bond acceptors (Lipinski definition) is 7. The molecule has 4 N–H and O–H groups in total. The van der Waals surface area contributed by atoms with Crippen LogP contribution in [0, 0.1) is 0 Å². The van der Waals surface area contributed by atoms with Crippen molar-refractivity contribution >= 4 is 37.6 Å². The molecule has 0 aliphatic heterocycles. The van der Waals surface area contributed by atoms with Gasteiger partial charge in [0.05, 0.1) is 29.7 Å². The molecule has 2 aromatic rings. The second-order valence-electron chi connectivity index (χ2n) is 3.84. The highest BCUT2D eigenvalue weighted by atomic mass is 79.9. The number of nitrogen functional groups attached to an aromatic ring is 1. The van der Waals surface area contributed by atoms with Gasteiger partial charge in [-0.3, -0.25) is 10.1 Å². The Bertz CT molecular complexity index is 736. The predicted octanol–water partition coefficient (Wildman–Crippen LogP) is 1.33. The molecule has 0 aliphatic rings. The Kier molecular flexibility index (Phi) is 4.60. The molecule has 0 amide bonds. The molecule has 8 nitrogen and oxygen atoms in total. The molecule has 112 valence electrons. The minimum Gasteiger partial charge on any atom is -0.495 e. The van der Waals surface area contributed by atoms with Crippen LogP contribution in [-0.2, 0) is 10.0 Å². The molecule has 0 bridgehead atoms. The number of benzene rings is 1. The predicted molar refractivity (Wildman–Crippen MR) is 81.3 cm³/mol. The number of aromatic nitrogens is 2. The van der Waals surface area contributed by atoms with Gasteiger partial charge >= 0.3 is 0 Å². The van der Waals surface area contributed by atoms with E-state index >= 15 is 0 Å². The van der Waals surface area contributed by atoms with E-state index in [2.05, 4.69) is 36.0 Å². The summed E-state index contributed by atoms with van der Waals surface area (Å²) >= 11 is 3.29. The van der Waals surface area contributed by atoms with Gasteiger partial charge in [0.1, 0.15) is 10.6 Å². The highest BCUT2D eigenvalue weighted by Crippen LogP contribution is 2.28. The molecule has 1 heterocycles. The van der Waals surface area contributed by atoms with Gasteiger partial charge in [-0.05, 0) is 28.1 Å². The van der Waals surface area contributed by atoms with Gasteiger partial charge in [0.15, 0.2) is 0 Å². The maximum atomic E-state index is 12.2. The molecule has 2 rings (SSSR count). The topological polar surface area (TPSA) is 119 Å². The highest BCUT2D eigenvalue weighted by Gasteiger charge is 2.16. The van der Waals surface area contributed by atoms with E-state index < -0.39 is 10.0 Å². The van der Waals surface area contributed by atoms with Crippen molar-refractivity contribution in [3.05, 3.63) is 35.1 Å². The van der Waals surface area contributed by atoms with Crippen molar-refractivity contribution in [1.29, 1.82) is 0 Å². The molecule has 10 heteroatoms. The zero-order valence-corrected chi connectivity index (χ0v) is 13.3. The number of nitrogens with zero attached hydrogens (tertiary/aromatic N) is 2. The third-order valence-electron chi connectivity index (χ3n) is 2.47. The van der Waals surface area contributed by atoms with Gasteiger partial charge in [-0.2, -0.15) is 0 Å². The average molecular weight is 374 g/mol. The van der Waals surface area contributed by atoms with Crippen molar-refractivity contribution in [2.24, 2.45) is 5.84 Å². The van der Waals surface area contributed by atoms with Crippen LogP contribution in [0.4, 0.5) is 11.6 Å². The molecule has 21 heavy (non-hydrogen) atoms. The van der Waals surface area contributed by atoms with Crippen LogP contribution in [0.15, 0.2) is 40.0 Å². The molecule has 1 aromatic carbocycles. The quantitative estimate of drug-likeness (QED) is 0.534. The SMILES string of the molecule is COc1cc(NS(=O)(=O)c2cnc(NN)nc2)ccc1Br. The molecule has 0 saturated carbocycles. The number of rotatable bonds is 5. The fourth-order valence-electron chi connectivity index (χ4n) is 1.47. The zero-order chi connectivity index (χ0) is 15.5. The van der Waals surface area contributed by atoms with E-state index in [1.165, 1.54) is 7.11 Å². The highest BCUT2D eigenvalue weighted by molar-refractivity contribution is 9.10. The number of ether oxygens (including phenoxy) is 1. The van der Waals surface area contributed by atoms with Gasteiger partial charge in [0.2, 0.25) is 5.95 Å². The van der Waals surface area contributed by atoms with Crippen LogP contribution in [0.25, 0.3) is 0 Å². The molecule has 0 aliphatic carbocycles. The zero-order valence-electron chi connectivity index (χ0n) is 10.9. The van der Waals surface area contributed by atoms with E-state index in [4.69, 9.17) is 10.6 Å². The first-order valence-corrected chi connectivity index (χ1v) is 7.89. The lowest BCUT2D eigenvalue weighted by Crippen LogP contribution is -2.15. The summed E-state index contributed by atoms with van der Waals surface area (Å²) < 4.78 is 32.6. The lowest BCUT2D eigenvalue weighted by Gasteiger charge is -2.10. The molecule has 0 atom stereocenters. The molecule has 0 spiro atoms. The van der Waals surface area contributed by atoms with Crippen LogP contribution < -0.4 is 20.7 Å². The second kappa shape index (κ2) is 6.24. The lowest BCUT2D eigenvalue weighted by atomic mass is 10.3. The molecule has 0 unspecified atom stereocenters. The minimum atomic E-state index is -3.79. The lowest BCUT2D eigenvalue weighted by molar-refractivity contribution is 0.412. The van der Waals surface area contributed by atoms with Crippen molar-refractivity contribution < 1.29 is 13.2 Å². The van der Waals surface area contributed by atoms with Gasteiger partial charge in [0.25, 0.3) is 10.0 Å². The Morgan fingerprint density at radius 1 is 1.29 bits per heavy atom. The summed E-state index contributed by atoms with van der Waals surface area (Å²) in [5.74, 6) is 5.75. The van der Waals surface area contributed by atoms with Crippen LogP contribution in [0.1, 0.15) is 0 Å². The first-order chi connectivity index (χ1) is 9.96. The van der Waals surface area contributed by atoms with Crippen LogP contribution >= 0.6 is 15.9 Å². The van der Waals surface area contributed by atoms with Crippen LogP contribution in [-0.4, -0.2) is 25.5 Å². The molecule has 0 fully saturated rings. The van der Waals surface area contributed by atoms with Crippen molar-refractivity contribution in [3.63, 3.8) is 0 Å². The normalized spacial score (nSPS) is 11.0. The Morgan fingerprint density at radius 3 is 2.52 bits per heavy atom. The number of nitrogens with two attached hydrogens (primary N) is 1. The third kappa shape index (κ3) is 3.60. The summed E-state index contributed by atoms with van der Waals surface area (Å²) in [6.07, 6.45) is 2.31. The fourth-order valence-corrected chi connectivity index (χ4v) is 2.81. The smallest absolute Gasteiger partial charge is 0.264 e. The van der Waals surface area contributed by atoms with Crippen molar-refractivity contribution in [1.82, 2.24) is 9.97 Å². The molecular weight excluding hydrogens is 362 g/mol. The first-order valence-electron chi connectivity index (χ1n) is 5.61. The number of nitrogens with one attached hydrogen (secondary N) is 2. The minimum absolute atomic E-state index is 0.0802. The Morgan fingerprint density at radius 2 is 1.95 bits per heavy atom. The number of anilines is 2. The van der Waals surface area contributed by atoms with Gasteiger partial charge in [-0.25, -0.2) is 24.2 Å². The number of halogens is 1. The summed E-state index contributed by atoms with van der Waals surface area (Å²) in [4.78, 5) is 7.43. The average Bonchev–Trinajstić information content (AvgIpc) is 2.49. The van der Waals surface area contributed by atoms with Gasteiger partial charge < -0.3 is 4.74 Å². The summed E-state index contributed by atoms with van der Waals surface area (Å²) in [6.45, 7) is 0. The number of sulfonamides is 1. The van der Waals surface area contributed by atoms with Crippen LogP contribution in [0.3, 0.4) is 0 Å².